The minimum Gasteiger partial charge on any atom is -0.380 e. The van der Waals surface area contributed by atoms with E-state index in [0.717, 1.165) is 12.8 Å². The molecule has 1 amide bonds. The van der Waals surface area contributed by atoms with Crippen LogP contribution in [0.1, 0.15) is 45.3 Å². The van der Waals surface area contributed by atoms with Crippen molar-refractivity contribution in [1.29, 1.82) is 0 Å². The first-order valence-corrected chi connectivity index (χ1v) is 8.73. The Morgan fingerprint density at radius 2 is 2.29 bits per heavy atom. The lowest BCUT2D eigenvalue weighted by Crippen LogP contribution is -2.46. The van der Waals surface area contributed by atoms with E-state index in [1.165, 1.54) is 5.56 Å². The van der Waals surface area contributed by atoms with Crippen LogP contribution in [0, 0.1) is 5.92 Å². The zero-order valence-electron chi connectivity index (χ0n) is 13.0. The van der Waals surface area contributed by atoms with Crippen LogP contribution < -0.4 is 5.32 Å². The van der Waals surface area contributed by atoms with Gasteiger partial charge in [-0.2, -0.15) is 11.3 Å². The van der Waals surface area contributed by atoms with Crippen LogP contribution in [0.25, 0.3) is 0 Å². The molecule has 1 aromatic heterocycles. The number of carbonyl (C=O) groups excluding carboxylic acids is 1. The first kappa shape index (κ1) is 15.0. The standard InChI is InChI=1S/C16H24N2O2S/c1-4-20-9-13(11(2)3)18-14(12-5-8-21-10-12)17-16(6-7-16)15(18)19/h5,8,10-11,13-14,17H,4,6-7,9H2,1-3H3. The van der Waals surface area contributed by atoms with E-state index in [1.54, 1.807) is 11.3 Å². The van der Waals surface area contributed by atoms with E-state index in [1.807, 2.05) is 6.92 Å². The topological polar surface area (TPSA) is 41.6 Å². The molecule has 1 spiro atoms. The van der Waals surface area contributed by atoms with E-state index >= 15 is 0 Å². The molecular weight excluding hydrogens is 284 g/mol. The fraction of sp³-hybridized carbons (Fsp3) is 0.688. The lowest BCUT2D eigenvalue weighted by atomic mass is 10.0. The second kappa shape index (κ2) is 5.71. The van der Waals surface area contributed by atoms with Crippen molar-refractivity contribution in [3.63, 3.8) is 0 Å². The predicted molar refractivity (Wildman–Crippen MR) is 84.1 cm³/mol. The number of nitrogens with zero attached hydrogens (tertiary/aromatic N) is 1. The summed E-state index contributed by atoms with van der Waals surface area (Å²) in [5.74, 6) is 0.634. The number of thiophene rings is 1. The largest absolute Gasteiger partial charge is 0.380 e. The van der Waals surface area contributed by atoms with Gasteiger partial charge in [0.15, 0.2) is 0 Å². The number of hydrogen-bond donors (Lipinski definition) is 1. The highest BCUT2D eigenvalue weighted by Gasteiger charge is 2.60. The van der Waals surface area contributed by atoms with Gasteiger partial charge in [-0.25, -0.2) is 0 Å². The van der Waals surface area contributed by atoms with Crippen LogP contribution in [0.4, 0.5) is 0 Å². The maximum absolute atomic E-state index is 12.9. The van der Waals surface area contributed by atoms with Crippen molar-refractivity contribution < 1.29 is 9.53 Å². The molecule has 1 aliphatic heterocycles. The molecule has 3 rings (SSSR count). The smallest absolute Gasteiger partial charge is 0.244 e. The van der Waals surface area contributed by atoms with E-state index in [0.29, 0.717) is 19.1 Å². The Labute approximate surface area is 130 Å². The van der Waals surface area contributed by atoms with Gasteiger partial charge in [-0.1, -0.05) is 13.8 Å². The van der Waals surface area contributed by atoms with Crippen LogP contribution in [0.15, 0.2) is 16.8 Å². The summed E-state index contributed by atoms with van der Waals surface area (Å²) in [7, 11) is 0. The number of hydrogen-bond acceptors (Lipinski definition) is 4. The minimum absolute atomic E-state index is 0.000828. The highest BCUT2D eigenvalue weighted by atomic mass is 32.1. The van der Waals surface area contributed by atoms with Crippen molar-refractivity contribution >= 4 is 17.2 Å². The Morgan fingerprint density at radius 1 is 1.52 bits per heavy atom. The molecule has 116 valence electrons. The molecule has 2 atom stereocenters. The van der Waals surface area contributed by atoms with Crippen LogP contribution in [-0.2, 0) is 9.53 Å². The number of nitrogens with one attached hydrogen (secondary N) is 1. The summed E-state index contributed by atoms with van der Waals surface area (Å²) in [5, 5.41) is 7.79. The van der Waals surface area contributed by atoms with Gasteiger partial charge in [-0.15, -0.1) is 0 Å². The summed E-state index contributed by atoms with van der Waals surface area (Å²) >= 11 is 1.68. The highest BCUT2D eigenvalue weighted by Crippen LogP contribution is 2.47. The van der Waals surface area contributed by atoms with E-state index in [4.69, 9.17) is 4.74 Å². The maximum atomic E-state index is 12.9. The van der Waals surface area contributed by atoms with Crippen LogP contribution >= 0.6 is 11.3 Å². The molecule has 2 unspecified atom stereocenters. The molecule has 0 aromatic carbocycles. The van der Waals surface area contributed by atoms with Gasteiger partial charge >= 0.3 is 0 Å². The number of amides is 1. The summed E-state index contributed by atoms with van der Waals surface area (Å²) in [4.78, 5) is 15.0. The molecule has 1 saturated heterocycles. The zero-order valence-corrected chi connectivity index (χ0v) is 13.8. The third-order valence-electron chi connectivity index (χ3n) is 4.56. The quantitative estimate of drug-likeness (QED) is 0.878. The molecule has 1 N–H and O–H groups in total. The van der Waals surface area contributed by atoms with Crippen molar-refractivity contribution in [2.24, 2.45) is 5.92 Å². The summed E-state index contributed by atoms with van der Waals surface area (Å²) in [6.07, 6.45) is 1.92. The molecule has 1 saturated carbocycles. The van der Waals surface area contributed by atoms with Crippen molar-refractivity contribution in [3.05, 3.63) is 22.4 Å². The average molecular weight is 308 g/mol. The van der Waals surface area contributed by atoms with Gasteiger partial charge in [0.05, 0.1) is 12.6 Å². The molecule has 4 nitrogen and oxygen atoms in total. The van der Waals surface area contributed by atoms with Gasteiger partial charge in [0.2, 0.25) is 5.91 Å². The predicted octanol–water partition coefficient (Wildman–Crippen LogP) is 2.77. The van der Waals surface area contributed by atoms with Gasteiger partial charge in [0.1, 0.15) is 11.7 Å². The summed E-state index contributed by atoms with van der Waals surface area (Å²) in [5.41, 5.74) is 0.908. The number of carbonyl (C=O) groups is 1. The molecule has 0 bridgehead atoms. The molecule has 1 aliphatic carbocycles. The van der Waals surface area contributed by atoms with E-state index < -0.39 is 0 Å². The minimum atomic E-state index is -0.286. The number of ether oxygens (including phenoxy) is 1. The summed E-state index contributed by atoms with van der Waals surface area (Å²) in [6.45, 7) is 7.63. The lowest BCUT2D eigenvalue weighted by molar-refractivity contribution is -0.135. The Morgan fingerprint density at radius 3 is 2.81 bits per heavy atom. The van der Waals surface area contributed by atoms with Crippen molar-refractivity contribution in [3.8, 4) is 0 Å². The summed E-state index contributed by atoms with van der Waals surface area (Å²) in [6, 6.07) is 2.23. The summed E-state index contributed by atoms with van der Waals surface area (Å²) < 4.78 is 5.65. The van der Waals surface area contributed by atoms with E-state index in [-0.39, 0.29) is 23.7 Å². The Hall–Kier alpha value is -0.910. The van der Waals surface area contributed by atoms with Crippen LogP contribution in [0.5, 0.6) is 0 Å². The molecule has 0 radical (unpaired) electrons. The Balaban J connectivity index is 1.89. The van der Waals surface area contributed by atoms with E-state index in [2.05, 4.69) is 40.9 Å². The first-order valence-electron chi connectivity index (χ1n) is 7.79. The van der Waals surface area contributed by atoms with E-state index in [9.17, 15) is 4.79 Å². The third-order valence-corrected chi connectivity index (χ3v) is 5.27. The third kappa shape index (κ3) is 2.62. The van der Waals surface area contributed by atoms with Gasteiger partial charge in [-0.3, -0.25) is 10.1 Å². The van der Waals surface area contributed by atoms with Gasteiger partial charge in [-0.05, 0) is 48.1 Å². The highest BCUT2D eigenvalue weighted by molar-refractivity contribution is 7.08. The second-order valence-electron chi connectivity index (χ2n) is 6.37. The number of rotatable bonds is 6. The molecule has 5 heteroatoms. The van der Waals surface area contributed by atoms with Gasteiger partial charge in [0, 0.05) is 6.61 Å². The van der Waals surface area contributed by atoms with Gasteiger partial charge in [0.25, 0.3) is 0 Å². The van der Waals surface area contributed by atoms with Crippen LogP contribution in [0.3, 0.4) is 0 Å². The molecule has 2 aliphatic rings. The van der Waals surface area contributed by atoms with Crippen LogP contribution in [-0.4, -0.2) is 35.6 Å². The normalized spacial score (nSPS) is 25.0. The molecule has 2 fully saturated rings. The Bertz CT molecular complexity index is 496. The van der Waals surface area contributed by atoms with Crippen molar-refractivity contribution in [1.82, 2.24) is 10.2 Å². The molecular formula is C16H24N2O2S. The van der Waals surface area contributed by atoms with Crippen molar-refractivity contribution in [2.45, 2.75) is 51.4 Å². The average Bonchev–Trinajstić information content (AvgIpc) is 2.93. The fourth-order valence-electron chi connectivity index (χ4n) is 3.09. The zero-order chi connectivity index (χ0) is 15.0. The molecule has 1 aromatic rings. The van der Waals surface area contributed by atoms with Crippen molar-refractivity contribution in [2.75, 3.05) is 13.2 Å². The maximum Gasteiger partial charge on any atom is 0.244 e. The lowest BCUT2D eigenvalue weighted by Gasteiger charge is -2.35. The molecule has 2 heterocycles. The monoisotopic (exact) mass is 308 g/mol. The second-order valence-corrected chi connectivity index (χ2v) is 7.15. The SMILES string of the molecule is CCOCC(C(C)C)N1C(=O)C2(CC2)NC1c1ccsc1. The van der Waals surface area contributed by atoms with Crippen LogP contribution in [0.2, 0.25) is 0 Å². The first-order chi connectivity index (χ1) is 10.1. The Kier molecular flexibility index (Phi) is 4.08. The fourth-order valence-corrected chi connectivity index (χ4v) is 3.77. The molecule has 21 heavy (non-hydrogen) atoms. The van der Waals surface area contributed by atoms with Gasteiger partial charge < -0.3 is 9.64 Å².